The molecule has 0 radical (unpaired) electrons. The number of benzene rings is 3. The number of hydrogen-bond donors (Lipinski definition) is 2. The van der Waals surface area contributed by atoms with Crippen molar-refractivity contribution in [1.29, 1.82) is 0 Å². The van der Waals surface area contributed by atoms with Gasteiger partial charge < -0.3 is 5.32 Å². The summed E-state index contributed by atoms with van der Waals surface area (Å²) in [6.07, 6.45) is 0. The van der Waals surface area contributed by atoms with Crippen molar-refractivity contribution in [3.63, 3.8) is 0 Å². The molecule has 3 aromatic carbocycles. The van der Waals surface area contributed by atoms with E-state index in [-0.39, 0.29) is 11.6 Å². The summed E-state index contributed by atoms with van der Waals surface area (Å²) in [6, 6.07) is 16.8. The summed E-state index contributed by atoms with van der Waals surface area (Å²) in [5, 5.41) is 2.69. The molecule has 0 fully saturated rings. The van der Waals surface area contributed by atoms with Crippen LogP contribution in [0.25, 0.3) is 0 Å². The van der Waals surface area contributed by atoms with E-state index in [1.807, 2.05) is 0 Å². The summed E-state index contributed by atoms with van der Waals surface area (Å²) in [6.45, 7) is 0. The van der Waals surface area contributed by atoms with Gasteiger partial charge in [0.15, 0.2) is 11.6 Å². The maximum Gasteiger partial charge on any atom is 0.261 e. The minimum Gasteiger partial charge on any atom is -0.322 e. The van der Waals surface area contributed by atoms with E-state index in [1.54, 1.807) is 30.3 Å². The summed E-state index contributed by atoms with van der Waals surface area (Å²) in [5.74, 6) is -2.69. The predicted molar refractivity (Wildman–Crippen MR) is 98.0 cm³/mol. The molecule has 0 aliphatic carbocycles. The molecule has 0 saturated heterocycles. The van der Waals surface area contributed by atoms with Gasteiger partial charge in [-0.1, -0.05) is 18.2 Å². The van der Waals surface area contributed by atoms with Gasteiger partial charge in [-0.2, -0.15) is 0 Å². The normalized spacial score (nSPS) is 11.0. The molecule has 8 heteroatoms. The van der Waals surface area contributed by atoms with Crippen molar-refractivity contribution in [2.45, 2.75) is 4.90 Å². The molecule has 1 amide bonds. The first-order valence-corrected chi connectivity index (χ1v) is 9.28. The number of halogens is 2. The van der Waals surface area contributed by atoms with Gasteiger partial charge in [-0.15, -0.1) is 0 Å². The zero-order chi connectivity index (χ0) is 19.4. The number of rotatable bonds is 5. The molecule has 0 spiro atoms. The third-order valence-electron chi connectivity index (χ3n) is 3.63. The van der Waals surface area contributed by atoms with Crippen LogP contribution in [0.1, 0.15) is 10.4 Å². The predicted octanol–water partition coefficient (Wildman–Crippen LogP) is 4.02. The largest absolute Gasteiger partial charge is 0.322 e. The standard InChI is InChI=1S/C19H14F2N2O3S/c20-17-11-10-16(12-18(17)21)27(25,26)23-15-8-6-14(7-9-15)22-19(24)13-4-2-1-3-5-13/h1-12,23H,(H,22,24). The fourth-order valence-corrected chi connectivity index (χ4v) is 3.34. The Morgan fingerprint density at radius 2 is 1.41 bits per heavy atom. The fraction of sp³-hybridized carbons (Fsp3) is 0. The molecular weight excluding hydrogens is 374 g/mol. The van der Waals surface area contributed by atoms with E-state index in [4.69, 9.17) is 0 Å². The third kappa shape index (κ3) is 4.48. The van der Waals surface area contributed by atoms with E-state index in [0.717, 1.165) is 12.1 Å². The van der Waals surface area contributed by atoms with Gasteiger partial charge in [0, 0.05) is 16.9 Å². The number of sulfonamides is 1. The van der Waals surface area contributed by atoms with Crippen molar-refractivity contribution in [2.24, 2.45) is 0 Å². The second kappa shape index (κ2) is 7.55. The average molecular weight is 388 g/mol. The topological polar surface area (TPSA) is 75.3 Å². The summed E-state index contributed by atoms with van der Waals surface area (Å²) in [4.78, 5) is 11.7. The number of anilines is 2. The Balaban J connectivity index is 1.71. The van der Waals surface area contributed by atoms with Crippen LogP contribution in [0, 0.1) is 11.6 Å². The number of nitrogens with one attached hydrogen (secondary N) is 2. The maximum atomic E-state index is 13.3. The summed E-state index contributed by atoms with van der Waals surface area (Å²) in [5.41, 5.74) is 1.16. The zero-order valence-corrected chi connectivity index (χ0v) is 14.6. The average Bonchev–Trinajstić information content (AvgIpc) is 2.66. The van der Waals surface area contributed by atoms with Gasteiger partial charge in [0.05, 0.1) is 4.90 Å². The van der Waals surface area contributed by atoms with E-state index in [0.29, 0.717) is 17.3 Å². The Kier molecular flexibility index (Phi) is 5.18. The molecule has 0 saturated carbocycles. The third-order valence-corrected chi connectivity index (χ3v) is 5.01. The van der Waals surface area contributed by atoms with E-state index in [2.05, 4.69) is 10.0 Å². The first-order chi connectivity index (χ1) is 12.8. The quantitative estimate of drug-likeness (QED) is 0.693. The van der Waals surface area contributed by atoms with Gasteiger partial charge in [0.1, 0.15) is 0 Å². The lowest BCUT2D eigenvalue weighted by Crippen LogP contribution is -2.14. The lowest BCUT2D eigenvalue weighted by Gasteiger charge is -2.10. The number of carbonyl (C=O) groups excluding carboxylic acids is 1. The van der Waals surface area contributed by atoms with Crippen LogP contribution in [0.2, 0.25) is 0 Å². The molecule has 0 heterocycles. The van der Waals surface area contributed by atoms with Crippen LogP contribution in [0.15, 0.2) is 77.7 Å². The smallest absolute Gasteiger partial charge is 0.261 e. The van der Waals surface area contributed by atoms with Gasteiger partial charge in [-0.3, -0.25) is 9.52 Å². The van der Waals surface area contributed by atoms with Crippen molar-refractivity contribution >= 4 is 27.3 Å². The highest BCUT2D eigenvalue weighted by molar-refractivity contribution is 7.92. The van der Waals surface area contributed by atoms with Gasteiger partial charge in [-0.05, 0) is 54.6 Å². The molecule has 5 nitrogen and oxygen atoms in total. The van der Waals surface area contributed by atoms with Gasteiger partial charge >= 0.3 is 0 Å². The number of carbonyl (C=O) groups is 1. The highest BCUT2D eigenvalue weighted by atomic mass is 32.2. The van der Waals surface area contributed by atoms with Crippen molar-refractivity contribution in [3.8, 4) is 0 Å². The van der Waals surface area contributed by atoms with E-state index in [1.165, 1.54) is 24.3 Å². The van der Waals surface area contributed by atoms with Crippen LogP contribution in [-0.4, -0.2) is 14.3 Å². The highest BCUT2D eigenvalue weighted by Crippen LogP contribution is 2.20. The Morgan fingerprint density at radius 3 is 2.04 bits per heavy atom. The molecule has 27 heavy (non-hydrogen) atoms. The number of amides is 1. The van der Waals surface area contributed by atoms with Crippen LogP contribution in [0.5, 0.6) is 0 Å². The second-order valence-corrected chi connectivity index (χ2v) is 7.26. The molecule has 2 N–H and O–H groups in total. The lowest BCUT2D eigenvalue weighted by molar-refractivity contribution is 0.102. The Bertz CT molecular complexity index is 1070. The van der Waals surface area contributed by atoms with Crippen molar-refractivity contribution < 1.29 is 22.0 Å². The van der Waals surface area contributed by atoms with Gasteiger partial charge in [-0.25, -0.2) is 17.2 Å². The first kappa shape index (κ1) is 18.5. The van der Waals surface area contributed by atoms with E-state index >= 15 is 0 Å². The van der Waals surface area contributed by atoms with Gasteiger partial charge in [0.2, 0.25) is 0 Å². The molecule has 0 aliphatic rings. The molecule has 0 bridgehead atoms. The van der Waals surface area contributed by atoms with Crippen LogP contribution in [0.4, 0.5) is 20.2 Å². The summed E-state index contributed by atoms with van der Waals surface area (Å²) in [7, 11) is -4.08. The monoisotopic (exact) mass is 388 g/mol. The zero-order valence-electron chi connectivity index (χ0n) is 13.8. The van der Waals surface area contributed by atoms with E-state index in [9.17, 15) is 22.0 Å². The maximum absolute atomic E-state index is 13.3. The molecule has 0 atom stereocenters. The molecule has 3 rings (SSSR count). The Labute approximate surface area is 154 Å². The fourth-order valence-electron chi connectivity index (χ4n) is 2.27. The summed E-state index contributed by atoms with van der Waals surface area (Å²) >= 11 is 0. The highest BCUT2D eigenvalue weighted by Gasteiger charge is 2.16. The first-order valence-electron chi connectivity index (χ1n) is 7.79. The van der Waals surface area contributed by atoms with Crippen LogP contribution in [0.3, 0.4) is 0 Å². The molecule has 0 aliphatic heterocycles. The van der Waals surface area contributed by atoms with Crippen molar-refractivity contribution in [3.05, 3.63) is 90.0 Å². The lowest BCUT2D eigenvalue weighted by atomic mass is 10.2. The van der Waals surface area contributed by atoms with Crippen LogP contribution >= 0.6 is 0 Å². The van der Waals surface area contributed by atoms with E-state index < -0.39 is 26.6 Å². The van der Waals surface area contributed by atoms with Gasteiger partial charge in [0.25, 0.3) is 15.9 Å². The Morgan fingerprint density at radius 1 is 0.778 bits per heavy atom. The Hall–Kier alpha value is -3.26. The second-order valence-electron chi connectivity index (χ2n) is 5.58. The summed E-state index contributed by atoms with van der Waals surface area (Å²) < 4.78 is 53.0. The molecule has 0 unspecified atom stereocenters. The van der Waals surface area contributed by atoms with Crippen LogP contribution < -0.4 is 10.0 Å². The minimum atomic E-state index is -4.08. The van der Waals surface area contributed by atoms with Crippen LogP contribution in [-0.2, 0) is 10.0 Å². The minimum absolute atomic E-state index is 0.206. The molecule has 3 aromatic rings. The number of hydrogen-bond acceptors (Lipinski definition) is 3. The SMILES string of the molecule is O=C(Nc1ccc(NS(=O)(=O)c2ccc(F)c(F)c2)cc1)c1ccccc1. The molecular formula is C19H14F2N2O3S. The molecule has 0 aromatic heterocycles. The van der Waals surface area contributed by atoms with Crippen molar-refractivity contribution in [2.75, 3.05) is 10.0 Å². The molecule has 138 valence electrons. The van der Waals surface area contributed by atoms with Crippen molar-refractivity contribution in [1.82, 2.24) is 0 Å².